The van der Waals surface area contributed by atoms with Crippen LogP contribution in [0.5, 0.6) is 0 Å². The average molecular weight is 240 g/mol. The Bertz CT molecular complexity index is 564. The number of benzene rings is 1. The Balaban J connectivity index is 1.98. The van der Waals surface area contributed by atoms with E-state index in [4.69, 9.17) is 4.74 Å². The summed E-state index contributed by atoms with van der Waals surface area (Å²) in [7, 11) is 0. The van der Waals surface area contributed by atoms with Gasteiger partial charge in [0, 0.05) is 11.1 Å². The highest BCUT2D eigenvalue weighted by Crippen LogP contribution is 2.37. The lowest BCUT2D eigenvalue weighted by molar-refractivity contribution is -0.133. The van der Waals surface area contributed by atoms with E-state index in [0.717, 1.165) is 48.2 Å². The van der Waals surface area contributed by atoms with Gasteiger partial charge < -0.3 is 4.74 Å². The molecule has 1 aromatic carbocycles. The third-order valence-electron chi connectivity index (χ3n) is 3.55. The maximum atomic E-state index is 11.8. The van der Waals surface area contributed by atoms with Crippen LogP contribution in [0.2, 0.25) is 0 Å². The van der Waals surface area contributed by atoms with Gasteiger partial charge in [-0.15, -0.1) is 0 Å². The highest BCUT2D eigenvalue weighted by molar-refractivity contribution is 5.95. The summed E-state index contributed by atoms with van der Waals surface area (Å²) >= 11 is 0. The summed E-state index contributed by atoms with van der Waals surface area (Å²) in [6, 6.07) is 8.22. The van der Waals surface area contributed by atoms with E-state index >= 15 is 0 Å². The van der Waals surface area contributed by atoms with Gasteiger partial charge in [-0.05, 0) is 44.2 Å². The minimum absolute atomic E-state index is 0.136. The number of hydrogen-bond acceptors (Lipinski definition) is 2. The molecule has 0 saturated carbocycles. The molecule has 92 valence electrons. The van der Waals surface area contributed by atoms with E-state index in [1.54, 1.807) is 0 Å². The highest BCUT2D eigenvalue weighted by Gasteiger charge is 2.30. The number of hydrogen-bond donors (Lipinski definition) is 0. The van der Waals surface area contributed by atoms with Crippen LogP contribution in [-0.2, 0) is 9.53 Å². The van der Waals surface area contributed by atoms with Crippen molar-refractivity contribution in [2.24, 2.45) is 0 Å². The van der Waals surface area contributed by atoms with Gasteiger partial charge >= 0.3 is 5.97 Å². The molecule has 0 saturated heterocycles. The molecule has 3 rings (SSSR count). The second-order valence-corrected chi connectivity index (χ2v) is 4.98. The molecule has 18 heavy (non-hydrogen) atoms. The third kappa shape index (κ3) is 1.99. The summed E-state index contributed by atoms with van der Waals surface area (Å²) in [4.78, 5) is 11.8. The molecule has 2 aliphatic rings. The van der Waals surface area contributed by atoms with Gasteiger partial charge in [-0.1, -0.05) is 29.8 Å². The van der Waals surface area contributed by atoms with Crippen LogP contribution in [0.3, 0.4) is 0 Å². The van der Waals surface area contributed by atoms with E-state index in [0.29, 0.717) is 0 Å². The summed E-state index contributed by atoms with van der Waals surface area (Å²) in [6.45, 7) is 2.06. The molecule has 1 aliphatic carbocycles. The van der Waals surface area contributed by atoms with E-state index in [2.05, 4.69) is 19.1 Å². The van der Waals surface area contributed by atoms with Crippen LogP contribution in [0, 0.1) is 6.92 Å². The largest absolute Gasteiger partial charge is 0.423 e. The number of rotatable bonds is 1. The molecule has 0 aromatic heterocycles. The van der Waals surface area contributed by atoms with Gasteiger partial charge in [-0.25, -0.2) is 4.79 Å². The highest BCUT2D eigenvalue weighted by atomic mass is 16.5. The first kappa shape index (κ1) is 11.3. The van der Waals surface area contributed by atoms with Gasteiger partial charge in [0.15, 0.2) is 0 Å². The van der Waals surface area contributed by atoms with Crippen LogP contribution in [-0.4, -0.2) is 5.97 Å². The third-order valence-corrected chi connectivity index (χ3v) is 3.55. The van der Waals surface area contributed by atoms with Crippen molar-refractivity contribution in [2.45, 2.75) is 32.6 Å². The van der Waals surface area contributed by atoms with Crippen molar-refractivity contribution >= 4 is 12.0 Å². The maximum Gasteiger partial charge on any atom is 0.339 e. The first-order chi connectivity index (χ1) is 8.74. The lowest BCUT2D eigenvalue weighted by Crippen LogP contribution is -2.01. The predicted octanol–water partition coefficient (Wildman–Crippen LogP) is 3.76. The van der Waals surface area contributed by atoms with Crippen LogP contribution in [0.4, 0.5) is 0 Å². The number of carbonyl (C=O) groups excluding carboxylic acids is 1. The summed E-state index contributed by atoms with van der Waals surface area (Å²) in [5.41, 5.74) is 4.34. The minimum Gasteiger partial charge on any atom is -0.423 e. The first-order valence-electron chi connectivity index (χ1n) is 6.47. The quantitative estimate of drug-likeness (QED) is 0.698. The molecule has 0 fully saturated rings. The molecule has 0 amide bonds. The monoisotopic (exact) mass is 240 g/mol. The molecular weight excluding hydrogens is 224 g/mol. The Morgan fingerprint density at radius 2 is 1.94 bits per heavy atom. The molecule has 1 aromatic rings. The molecule has 0 unspecified atom stereocenters. The minimum atomic E-state index is -0.136. The number of allylic oxidation sites excluding steroid dienone is 1. The van der Waals surface area contributed by atoms with E-state index in [1.807, 2.05) is 18.2 Å². The molecule has 0 bridgehead atoms. The Hall–Kier alpha value is -1.83. The fourth-order valence-electron chi connectivity index (χ4n) is 2.65. The second kappa shape index (κ2) is 4.45. The topological polar surface area (TPSA) is 26.3 Å². The molecule has 1 aliphatic heterocycles. The van der Waals surface area contributed by atoms with Gasteiger partial charge in [0.05, 0.1) is 0 Å². The van der Waals surface area contributed by atoms with Gasteiger partial charge in [-0.3, -0.25) is 0 Å². The Kier molecular flexibility index (Phi) is 2.78. The zero-order chi connectivity index (χ0) is 12.5. The SMILES string of the molecule is Cc1cccc(/C=C2/OC(=O)C3=C2CCCC3)c1. The smallest absolute Gasteiger partial charge is 0.339 e. The average Bonchev–Trinajstić information content (AvgIpc) is 2.67. The summed E-state index contributed by atoms with van der Waals surface area (Å²) in [5, 5.41) is 0. The molecule has 2 heteroatoms. The van der Waals surface area contributed by atoms with Crippen LogP contribution in [0.1, 0.15) is 36.8 Å². The van der Waals surface area contributed by atoms with Crippen molar-refractivity contribution in [3.8, 4) is 0 Å². The lowest BCUT2D eigenvalue weighted by atomic mass is 9.92. The zero-order valence-corrected chi connectivity index (χ0v) is 10.5. The van der Waals surface area contributed by atoms with Crippen molar-refractivity contribution < 1.29 is 9.53 Å². The van der Waals surface area contributed by atoms with Crippen molar-refractivity contribution in [3.05, 3.63) is 52.3 Å². The summed E-state index contributed by atoms with van der Waals surface area (Å²) in [5.74, 6) is 0.629. The molecule has 0 radical (unpaired) electrons. The Morgan fingerprint density at radius 3 is 2.72 bits per heavy atom. The molecule has 1 heterocycles. The first-order valence-corrected chi connectivity index (χ1v) is 6.47. The second-order valence-electron chi connectivity index (χ2n) is 4.98. The van der Waals surface area contributed by atoms with Gasteiger partial charge in [0.25, 0.3) is 0 Å². The number of aryl methyl sites for hydroxylation is 1. The number of esters is 1. The van der Waals surface area contributed by atoms with Crippen LogP contribution >= 0.6 is 0 Å². The molecule has 2 nitrogen and oxygen atoms in total. The number of ether oxygens (including phenoxy) is 1. The van der Waals surface area contributed by atoms with Gasteiger partial charge in [0.1, 0.15) is 5.76 Å². The fraction of sp³-hybridized carbons (Fsp3) is 0.312. The van der Waals surface area contributed by atoms with Crippen LogP contribution in [0.15, 0.2) is 41.2 Å². The van der Waals surface area contributed by atoms with Crippen molar-refractivity contribution in [1.82, 2.24) is 0 Å². The lowest BCUT2D eigenvalue weighted by Gasteiger charge is -2.10. The molecule has 0 N–H and O–H groups in total. The normalized spacial score (nSPS) is 21.2. The Morgan fingerprint density at radius 1 is 1.17 bits per heavy atom. The summed E-state index contributed by atoms with van der Waals surface area (Å²) < 4.78 is 5.40. The standard InChI is InChI=1S/C16H16O2/c1-11-5-4-6-12(9-11)10-15-13-7-2-3-8-14(13)16(17)18-15/h4-6,9-10H,2-3,7-8H2,1H3/b15-10+. The van der Waals surface area contributed by atoms with E-state index in [-0.39, 0.29) is 5.97 Å². The molecular formula is C16H16O2. The van der Waals surface area contributed by atoms with Gasteiger partial charge in [0.2, 0.25) is 0 Å². The van der Waals surface area contributed by atoms with E-state index in [9.17, 15) is 4.79 Å². The van der Waals surface area contributed by atoms with Crippen molar-refractivity contribution in [1.29, 1.82) is 0 Å². The van der Waals surface area contributed by atoms with Crippen molar-refractivity contribution in [2.75, 3.05) is 0 Å². The van der Waals surface area contributed by atoms with Gasteiger partial charge in [-0.2, -0.15) is 0 Å². The van der Waals surface area contributed by atoms with Crippen LogP contribution in [0.25, 0.3) is 6.08 Å². The number of carbonyl (C=O) groups is 1. The molecule has 0 spiro atoms. The predicted molar refractivity (Wildman–Crippen MR) is 70.7 cm³/mol. The maximum absolute atomic E-state index is 11.8. The zero-order valence-electron chi connectivity index (χ0n) is 10.5. The Labute approximate surface area is 107 Å². The van der Waals surface area contributed by atoms with E-state index in [1.165, 1.54) is 5.56 Å². The van der Waals surface area contributed by atoms with Crippen molar-refractivity contribution in [3.63, 3.8) is 0 Å². The molecule has 0 atom stereocenters. The summed E-state index contributed by atoms with van der Waals surface area (Å²) in [6.07, 6.45) is 6.09. The van der Waals surface area contributed by atoms with Crippen LogP contribution < -0.4 is 0 Å². The van der Waals surface area contributed by atoms with E-state index < -0.39 is 0 Å². The number of cyclic esters (lactones) is 1. The fourth-order valence-corrected chi connectivity index (χ4v) is 2.65.